The maximum Gasteiger partial charge on any atom is 0.416 e. The fraction of sp³-hybridized carbons (Fsp3) is 0.278. The van der Waals surface area contributed by atoms with Crippen molar-refractivity contribution in [3.63, 3.8) is 0 Å². The number of alkyl halides is 3. The number of ketones is 1. The number of carbonyl (C=O) groups excluding carboxylic acids is 1. The predicted molar refractivity (Wildman–Crippen MR) is 88.9 cm³/mol. The SMILES string of the molecule is COc1ccc(N[C@H](c2ccc(C(F)(F)F)cc2)[C@@H](O)C(=O)CO)cc1. The number of anilines is 1. The van der Waals surface area contributed by atoms with E-state index in [2.05, 4.69) is 5.32 Å². The van der Waals surface area contributed by atoms with E-state index in [9.17, 15) is 23.1 Å². The molecule has 0 aromatic heterocycles. The zero-order chi connectivity index (χ0) is 19.3. The van der Waals surface area contributed by atoms with Crippen molar-refractivity contribution in [1.29, 1.82) is 0 Å². The molecular formula is C18H18F3NO4. The van der Waals surface area contributed by atoms with E-state index >= 15 is 0 Å². The van der Waals surface area contributed by atoms with E-state index in [-0.39, 0.29) is 5.56 Å². The molecule has 5 nitrogen and oxygen atoms in total. The zero-order valence-corrected chi connectivity index (χ0v) is 13.8. The second-order valence-electron chi connectivity index (χ2n) is 5.54. The second kappa shape index (κ2) is 8.20. The van der Waals surface area contributed by atoms with Gasteiger partial charge in [0, 0.05) is 5.69 Å². The molecule has 0 radical (unpaired) electrons. The monoisotopic (exact) mass is 369 g/mol. The summed E-state index contributed by atoms with van der Waals surface area (Å²) in [5, 5.41) is 22.1. The molecule has 8 heteroatoms. The van der Waals surface area contributed by atoms with Gasteiger partial charge >= 0.3 is 6.18 Å². The van der Waals surface area contributed by atoms with Gasteiger partial charge in [-0.25, -0.2) is 0 Å². The van der Waals surface area contributed by atoms with Crippen LogP contribution in [0.5, 0.6) is 5.75 Å². The van der Waals surface area contributed by atoms with E-state index in [0.717, 1.165) is 12.1 Å². The van der Waals surface area contributed by atoms with Crippen molar-refractivity contribution in [3.05, 3.63) is 59.7 Å². The van der Waals surface area contributed by atoms with Gasteiger partial charge in [-0.2, -0.15) is 13.2 Å². The lowest BCUT2D eigenvalue weighted by atomic mass is 9.97. The van der Waals surface area contributed by atoms with Crippen LogP contribution in [-0.2, 0) is 11.0 Å². The third-order valence-electron chi connectivity index (χ3n) is 3.81. The van der Waals surface area contributed by atoms with Gasteiger partial charge in [0.25, 0.3) is 0 Å². The standard InChI is InChI=1S/C18H18F3NO4/c1-26-14-8-6-13(7-9-14)22-16(17(25)15(24)10-23)11-2-4-12(5-3-11)18(19,20)21/h2-9,16-17,22-23,25H,10H2,1H3/t16-,17+/m1/s1. The zero-order valence-electron chi connectivity index (χ0n) is 13.8. The van der Waals surface area contributed by atoms with Gasteiger partial charge in [-0.15, -0.1) is 0 Å². The van der Waals surface area contributed by atoms with Crippen LogP contribution < -0.4 is 10.1 Å². The first-order valence-electron chi connectivity index (χ1n) is 7.65. The molecule has 0 aliphatic rings. The van der Waals surface area contributed by atoms with E-state index in [4.69, 9.17) is 9.84 Å². The molecule has 0 fully saturated rings. The Labute approximate surface area is 148 Å². The summed E-state index contributed by atoms with van der Waals surface area (Å²) in [4.78, 5) is 11.7. The average molecular weight is 369 g/mol. The van der Waals surface area contributed by atoms with Crippen LogP contribution in [0.1, 0.15) is 17.2 Å². The molecule has 0 spiro atoms. The lowest BCUT2D eigenvalue weighted by molar-refractivity contribution is -0.137. The molecule has 0 saturated carbocycles. The lowest BCUT2D eigenvalue weighted by Crippen LogP contribution is -2.34. The maximum atomic E-state index is 12.7. The molecule has 0 heterocycles. The molecule has 0 saturated heterocycles. The molecule has 0 amide bonds. The quantitative estimate of drug-likeness (QED) is 0.700. The van der Waals surface area contributed by atoms with Crippen LogP contribution in [0.25, 0.3) is 0 Å². The van der Waals surface area contributed by atoms with Crippen LogP contribution in [0.2, 0.25) is 0 Å². The van der Waals surface area contributed by atoms with E-state index in [1.54, 1.807) is 24.3 Å². The molecule has 0 unspecified atom stereocenters. The summed E-state index contributed by atoms with van der Waals surface area (Å²) in [6.07, 6.45) is -6.13. The Balaban J connectivity index is 2.32. The highest BCUT2D eigenvalue weighted by atomic mass is 19.4. The highest BCUT2D eigenvalue weighted by Crippen LogP contribution is 2.31. The second-order valence-corrected chi connectivity index (χ2v) is 5.54. The predicted octanol–water partition coefficient (Wildman–Crippen LogP) is 2.79. The first kappa shape index (κ1) is 19.7. The van der Waals surface area contributed by atoms with Gasteiger partial charge in [-0.3, -0.25) is 4.79 Å². The first-order valence-corrected chi connectivity index (χ1v) is 7.65. The molecule has 2 rings (SSSR count). The van der Waals surface area contributed by atoms with Gasteiger partial charge in [-0.1, -0.05) is 12.1 Å². The number of carbonyl (C=O) groups is 1. The minimum absolute atomic E-state index is 0.267. The normalized spacial score (nSPS) is 13.8. The van der Waals surface area contributed by atoms with Gasteiger partial charge in [0.1, 0.15) is 18.5 Å². The molecule has 140 valence electrons. The molecule has 0 aliphatic carbocycles. The summed E-state index contributed by atoms with van der Waals surface area (Å²) in [5.41, 5.74) is -0.0592. The smallest absolute Gasteiger partial charge is 0.416 e. The number of aliphatic hydroxyl groups is 2. The van der Waals surface area contributed by atoms with Crippen molar-refractivity contribution >= 4 is 11.5 Å². The van der Waals surface area contributed by atoms with Crippen molar-refractivity contribution in [2.45, 2.75) is 18.3 Å². The van der Waals surface area contributed by atoms with Gasteiger partial charge in [-0.05, 0) is 42.0 Å². The Morgan fingerprint density at radius 3 is 2.15 bits per heavy atom. The summed E-state index contributed by atoms with van der Waals surface area (Å²) < 4.78 is 43.2. The van der Waals surface area contributed by atoms with Crippen LogP contribution in [0.3, 0.4) is 0 Å². The molecule has 0 bridgehead atoms. The fourth-order valence-electron chi connectivity index (χ4n) is 2.37. The van der Waals surface area contributed by atoms with Crippen molar-refractivity contribution in [2.24, 2.45) is 0 Å². The number of benzene rings is 2. The average Bonchev–Trinajstić information content (AvgIpc) is 2.64. The molecular weight excluding hydrogens is 351 g/mol. The van der Waals surface area contributed by atoms with Crippen LogP contribution in [0.15, 0.2) is 48.5 Å². The number of methoxy groups -OCH3 is 1. The molecule has 2 aromatic carbocycles. The van der Waals surface area contributed by atoms with Gasteiger partial charge in [0.05, 0.1) is 18.7 Å². The highest BCUT2D eigenvalue weighted by Gasteiger charge is 2.32. The number of Topliss-reactive ketones (excluding diaryl/α,β-unsaturated/α-hetero) is 1. The van der Waals surface area contributed by atoms with E-state index < -0.39 is 36.3 Å². The number of hydrogen-bond donors (Lipinski definition) is 3. The third kappa shape index (κ3) is 4.74. The van der Waals surface area contributed by atoms with E-state index in [0.29, 0.717) is 11.4 Å². The first-order chi connectivity index (χ1) is 12.3. The number of hydrogen-bond acceptors (Lipinski definition) is 5. The molecule has 0 aliphatic heterocycles. The number of ether oxygens (including phenoxy) is 1. The number of nitrogens with one attached hydrogen (secondary N) is 1. The van der Waals surface area contributed by atoms with Crippen molar-refractivity contribution in [1.82, 2.24) is 0 Å². The maximum absolute atomic E-state index is 12.7. The van der Waals surface area contributed by atoms with E-state index in [1.807, 2.05) is 0 Å². The summed E-state index contributed by atoms with van der Waals surface area (Å²) >= 11 is 0. The van der Waals surface area contributed by atoms with Gasteiger partial charge < -0.3 is 20.3 Å². The summed E-state index contributed by atoms with van der Waals surface area (Å²) in [6.45, 7) is -0.886. The summed E-state index contributed by atoms with van der Waals surface area (Å²) in [7, 11) is 1.50. The molecule has 26 heavy (non-hydrogen) atoms. The van der Waals surface area contributed by atoms with Crippen LogP contribution in [0.4, 0.5) is 18.9 Å². The molecule has 2 atom stereocenters. The summed E-state index contributed by atoms with van der Waals surface area (Å²) in [5.74, 6) is -0.260. The highest BCUT2D eigenvalue weighted by molar-refractivity contribution is 5.85. The van der Waals surface area contributed by atoms with Crippen LogP contribution >= 0.6 is 0 Å². The Morgan fingerprint density at radius 1 is 1.12 bits per heavy atom. The number of aliphatic hydroxyl groups excluding tert-OH is 2. The van der Waals surface area contributed by atoms with Crippen LogP contribution in [0, 0.1) is 0 Å². The number of halogens is 3. The van der Waals surface area contributed by atoms with Crippen molar-refractivity contribution < 1.29 is 32.9 Å². The lowest BCUT2D eigenvalue weighted by Gasteiger charge is -2.25. The number of rotatable bonds is 7. The Bertz CT molecular complexity index is 730. The van der Waals surface area contributed by atoms with Crippen molar-refractivity contribution in [2.75, 3.05) is 19.0 Å². The van der Waals surface area contributed by atoms with Crippen molar-refractivity contribution in [3.8, 4) is 5.75 Å². The fourth-order valence-corrected chi connectivity index (χ4v) is 2.37. The minimum Gasteiger partial charge on any atom is -0.497 e. The Hall–Kier alpha value is -2.58. The molecule has 2 aromatic rings. The van der Waals surface area contributed by atoms with Gasteiger partial charge in [0.15, 0.2) is 5.78 Å². The minimum atomic E-state index is -4.49. The third-order valence-corrected chi connectivity index (χ3v) is 3.81. The Kier molecular flexibility index (Phi) is 6.23. The molecule has 3 N–H and O–H groups in total. The topological polar surface area (TPSA) is 78.8 Å². The Morgan fingerprint density at radius 2 is 1.69 bits per heavy atom. The van der Waals surface area contributed by atoms with E-state index in [1.165, 1.54) is 19.2 Å². The van der Waals surface area contributed by atoms with Crippen LogP contribution in [-0.4, -0.2) is 35.8 Å². The largest absolute Gasteiger partial charge is 0.497 e. The summed E-state index contributed by atoms with van der Waals surface area (Å²) in [6, 6.07) is 9.61. The van der Waals surface area contributed by atoms with Gasteiger partial charge in [0.2, 0.25) is 0 Å².